The first kappa shape index (κ1) is 21.9. The maximum atomic E-state index is 11.4. The Hall–Kier alpha value is -1.10. The number of carboxylic acids is 1. The fourth-order valence-electron chi connectivity index (χ4n) is 2.65. The number of carbonyl (C=O) groups excluding carboxylic acids is 1. The molecule has 0 saturated carbocycles. The molecule has 5 nitrogen and oxygen atoms in total. The van der Waals surface area contributed by atoms with E-state index in [0.717, 1.165) is 32.1 Å². The summed E-state index contributed by atoms with van der Waals surface area (Å²) in [5.74, 6) is -0.106. The van der Waals surface area contributed by atoms with Gasteiger partial charge >= 0.3 is 11.9 Å². The lowest BCUT2D eigenvalue weighted by Crippen LogP contribution is -2.37. The van der Waals surface area contributed by atoms with Gasteiger partial charge in [0, 0.05) is 13.5 Å². The van der Waals surface area contributed by atoms with Gasteiger partial charge in [0.1, 0.15) is 0 Å². The van der Waals surface area contributed by atoms with Crippen LogP contribution < -0.4 is 0 Å². The first-order chi connectivity index (χ1) is 10.7. The molecule has 5 heteroatoms. The third-order valence-electron chi connectivity index (χ3n) is 4.47. The smallest absolute Gasteiger partial charge is 0.335 e. The summed E-state index contributed by atoms with van der Waals surface area (Å²) in [4.78, 5) is 22.5. The van der Waals surface area contributed by atoms with Gasteiger partial charge in [-0.05, 0) is 38.5 Å². The third-order valence-corrected chi connectivity index (χ3v) is 4.47. The molecule has 0 rings (SSSR count). The van der Waals surface area contributed by atoms with Crippen molar-refractivity contribution in [1.29, 1.82) is 0 Å². The van der Waals surface area contributed by atoms with Crippen molar-refractivity contribution >= 4 is 11.9 Å². The molecule has 1 N–H and O–H groups in total. The average molecular weight is 330 g/mol. The molecule has 0 radical (unpaired) electrons. The first-order valence-corrected chi connectivity index (χ1v) is 8.69. The molecule has 0 aliphatic rings. The van der Waals surface area contributed by atoms with Crippen molar-refractivity contribution in [2.24, 2.45) is 11.8 Å². The molecule has 3 atom stereocenters. The van der Waals surface area contributed by atoms with Crippen molar-refractivity contribution in [2.75, 3.05) is 13.7 Å². The second-order valence-corrected chi connectivity index (χ2v) is 6.78. The molecule has 0 aromatic heterocycles. The van der Waals surface area contributed by atoms with Crippen molar-refractivity contribution in [1.82, 2.24) is 0 Å². The van der Waals surface area contributed by atoms with E-state index >= 15 is 0 Å². The van der Waals surface area contributed by atoms with Gasteiger partial charge in [0.05, 0.1) is 6.61 Å². The van der Waals surface area contributed by atoms with Gasteiger partial charge in [0.15, 0.2) is 5.60 Å². The Morgan fingerprint density at radius 1 is 1.09 bits per heavy atom. The highest BCUT2D eigenvalue weighted by atomic mass is 16.5. The van der Waals surface area contributed by atoms with Gasteiger partial charge in [-0.15, -0.1) is 0 Å². The molecular weight excluding hydrogens is 296 g/mol. The summed E-state index contributed by atoms with van der Waals surface area (Å²) in [6.45, 7) is 8.17. The normalized spacial score (nSPS) is 16.4. The minimum absolute atomic E-state index is 0.111. The Balaban J connectivity index is 3.85. The van der Waals surface area contributed by atoms with Crippen LogP contribution in [0.3, 0.4) is 0 Å². The molecule has 0 spiro atoms. The second-order valence-electron chi connectivity index (χ2n) is 6.78. The molecule has 23 heavy (non-hydrogen) atoms. The maximum absolute atomic E-state index is 11.4. The van der Waals surface area contributed by atoms with E-state index in [0.29, 0.717) is 31.3 Å². The van der Waals surface area contributed by atoms with Crippen LogP contribution in [0, 0.1) is 11.8 Å². The van der Waals surface area contributed by atoms with Crippen LogP contribution >= 0.6 is 0 Å². The quantitative estimate of drug-likeness (QED) is 0.516. The number of hydrogen-bond acceptors (Lipinski definition) is 4. The van der Waals surface area contributed by atoms with Gasteiger partial charge in [0.25, 0.3) is 0 Å². The maximum Gasteiger partial charge on any atom is 0.335 e. The molecule has 0 aromatic carbocycles. The summed E-state index contributed by atoms with van der Waals surface area (Å²) in [7, 11) is 1.45. The third kappa shape index (κ3) is 9.59. The van der Waals surface area contributed by atoms with E-state index in [1.54, 1.807) is 6.92 Å². The number of hydrogen-bond donors (Lipinski definition) is 1. The van der Waals surface area contributed by atoms with Crippen LogP contribution in [0.4, 0.5) is 0 Å². The van der Waals surface area contributed by atoms with Crippen molar-refractivity contribution in [3.8, 4) is 0 Å². The minimum atomic E-state index is -1.08. The summed E-state index contributed by atoms with van der Waals surface area (Å²) in [6.07, 6.45) is 6.07. The van der Waals surface area contributed by atoms with Crippen LogP contribution in [0.25, 0.3) is 0 Å². The molecule has 0 aromatic rings. The van der Waals surface area contributed by atoms with Gasteiger partial charge in [-0.1, -0.05) is 39.5 Å². The fraction of sp³-hybridized carbons (Fsp3) is 0.889. The number of esters is 1. The molecule has 0 fully saturated rings. The zero-order chi connectivity index (χ0) is 17.9. The average Bonchev–Trinajstić information content (AvgIpc) is 2.46. The van der Waals surface area contributed by atoms with E-state index in [-0.39, 0.29) is 5.97 Å². The van der Waals surface area contributed by atoms with Gasteiger partial charge < -0.3 is 14.6 Å². The van der Waals surface area contributed by atoms with E-state index in [4.69, 9.17) is 14.6 Å². The second kappa shape index (κ2) is 11.4. The zero-order valence-corrected chi connectivity index (χ0v) is 15.4. The Kier molecular flexibility index (Phi) is 10.9. The van der Waals surface area contributed by atoms with Crippen LogP contribution in [-0.4, -0.2) is 36.4 Å². The Morgan fingerprint density at radius 2 is 1.65 bits per heavy atom. The molecular formula is C18H34O5. The number of carbonyl (C=O) groups is 2. The van der Waals surface area contributed by atoms with Gasteiger partial charge in [-0.2, -0.15) is 0 Å². The topological polar surface area (TPSA) is 72.8 Å². The predicted octanol–water partition coefficient (Wildman–Crippen LogP) is 4.04. The largest absolute Gasteiger partial charge is 0.479 e. The van der Waals surface area contributed by atoms with Gasteiger partial charge in [-0.3, -0.25) is 4.79 Å². The molecule has 0 aliphatic carbocycles. The molecule has 136 valence electrons. The first-order valence-electron chi connectivity index (χ1n) is 8.69. The number of ether oxygens (including phenoxy) is 2. The summed E-state index contributed by atoms with van der Waals surface area (Å²) in [6, 6.07) is 0. The molecule has 0 amide bonds. The minimum Gasteiger partial charge on any atom is -0.479 e. The number of methoxy groups -OCH3 is 1. The van der Waals surface area contributed by atoms with E-state index in [9.17, 15) is 9.59 Å². The van der Waals surface area contributed by atoms with E-state index < -0.39 is 11.6 Å². The van der Waals surface area contributed by atoms with Gasteiger partial charge in [-0.25, -0.2) is 4.79 Å². The zero-order valence-electron chi connectivity index (χ0n) is 15.4. The highest BCUT2D eigenvalue weighted by Gasteiger charge is 2.32. The molecule has 2 unspecified atom stereocenters. The monoisotopic (exact) mass is 330 g/mol. The molecule has 0 heterocycles. The highest BCUT2D eigenvalue weighted by molar-refractivity contribution is 5.76. The van der Waals surface area contributed by atoms with Crippen LogP contribution in [0.5, 0.6) is 0 Å². The van der Waals surface area contributed by atoms with Crippen LogP contribution in [0.1, 0.15) is 72.6 Å². The highest BCUT2D eigenvalue weighted by Crippen LogP contribution is 2.23. The van der Waals surface area contributed by atoms with Crippen molar-refractivity contribution in [3.05, 3.63) is 0 Å². The Bertz CT molecular complexity index is 355. The van der Waals surface area contributed by atoms with Crippen LogP contribution in [-0.2, 0) is 19.1 Å². The molecule has 0 bridgehead atoms. The van der Waals surface area contributed by atoms with Gasteiger partial charge in [0.2, 0.25) is 0 Å². The summed E-state index contributed by atoms with van der Waals surface area (Å²) in [5.41, 5.74) is -1.08. The predicted molar refractivity (Wildman–Crippen MR) is 90.3 cm³/mol. The number of carboxylic acid groups (broad SMARTS) is 1. The lowest BCUT2D eigenvalue weighted by molar-refractivity contribution is -0.161. The van der Waals surface area contributed by atoms with Crippen molar-refractivity contribution < 1.29 is 24.2 Å². The van der Waals surface area contributed by atoms with Crippen molar-refractivity contribution in [2.45, 2.75) is 78.2 Å². The van der Waals surface area contributed by atoms with Crippen LogP contribution in [0.15, 0.2) is 0 Å². The standard InChI is InChI=1S/C18H34O5/c1-6-23-16(19)13-15(3)10-7-9-14(2)11-8-12-18(4,22-5)17(20)21/h14-15H,6-13H2,1-5H3,(H,20,21)/t14-,15?,18?/m0/s1. The number of aliphatic carboxylic acids is 1. The lowest BCUT2D eigenvalue weighted by atomic mass is 9.91. The molecule has 0 aliphatic heterocycles. The summed E-state index contributed by atoms with van der Waals surface area (Å²) in [5, 5.41) is 9.15. The van der Waals surface area contributed by atoms with Crippen molar-refractivity contribution in [3.63, 3.8) is 0 Å². The van der Waals surface area contributed by atoms with E-state index in [1.165, 1.54) is 7.11 Å². The van der Waals surface area contributed by atoms with Crippen LogP contribution in [0.2, 0.25) is 0 Å². The van der Waals surface area contributed by atoms with E-state index in [2.05, 4.69) is 13.8 Å². The van der Waals surface area contributed by atoms with E-state index in [1.807, 2.05) is 6.92 Å². The summed E-state index contributed by atoms with van der Waals surface area (Å²) < 4.78 is 10.1. The Morgan fingerprint density at radius 3 is 2.17 bits per heavy atom. The lowest BCUT2D eigenvalue weighted by Gasteiger charge is -2.23. The Labute approximate surface area is 140 Å². The summed E-state index contributed by atoms with van der Waals surface area (Å²) >= 11 is 0. The number of rotatable bonds is 13. The molecule has 0 saturated heterocycles. The fourth-order valence-corrected chi connectivity index (χ4v) is 2.65. The SMILES string of the molecule is CCOC(=O)CC(C)CCC[C@H](C)CCCC(C)(OC)C(=O)O.